The molecule has 0 aliphatic carbocycles. The summed E-state index contributed by atoms with van der Waals surface area (Å²) in [6.07, 6.45) is 4.99. The van der Waals surface area contributed by atoms with Crippen molar-refractivity contribution in [2.24, 2.45) is 0 Å². The minimum Gasteiger partial charge on any atom is -0.348 e. The maximum absolute atomic E-state index is 12.3. The number of aromatic nitrogens is 2. The number of imidazole rings is 1. The van der Waals surface area contributed by atoms with Crippen LogP contribution in [0.1, 0.15) is 23.7 Å². The van der Waals surface area contributed by atoms with E-state index >= 15 is 0 Å². The second-order valence-electron chi connectivity index (χ2n) is 5.10. The number of amides is 1. The van der Waals surface area contributed by atoms with Crippen LogP contribution >= 0.6 is 11.6 Å². The molecular formula is C15H16ClN3O. The third-order valence-electron chi connectivity index (χ3n) is 3.72. The number of aromatic amines is 1. The molecule has 1 fully saturated rings. The third kappa shape index (κ3) is 2.85. The zero-order valence-corrected chi connectivity index (χ0v) is 11.8. The molecule has 4 nitrogen and oxygen atoms in total. The van der Waals surface area contributed by atoms with Crippen molar-refractivity contribution >= 4 is 17.5 Å². The smallest absolute Gasteiger partial charge is 0.227 e. The van der Waals surface area contributed by atoms with E-state index in [0.29, 0.717) is 17.4 Å². The van der Waals surface area contributed by atoms with E-state index in [1.54, 1.807) is 6.20 Å². The zero-order valence-electron chi connectivity index (χ0n) is 11.1. The topological polar surface area (TPSA) is 49.0 Å². The summed E-state index contributed by atoms with van der Waals surface area (Å²) in [5.74, 6) is 1.48. The van der Waals surface area contributed by atoms with Crippen molar-refractivity contribution in [3.63, 3.8) is 0 Å². The van der Waals surface area contributed by atoms with E-state index < -0.39 is 0 Å². The van der Waals surface area contributed by atoms with Crippen molar-refractivity contribution < 1.29 is 4.79 Å². The largest absolute Gasteiger partial charge is 0.348 e. The quantitative estimate of drug-likeness (QED) is 0.944. The van der Waals surface area contributed by atoms with Gasteiger partial charge in [0, 0.05) is 36.4 Å². The number of benzene rings is 1. The van der Waals surface area contributed by atoms with Crippen molar-refractivity contribution in [2.75, 3.05) is 13.1 Å². The molecule has 1 aromatic carbocycles. The van der Waals surface area contributed by atoms with Gasteiger partial charge in [0.15, 0.2) is 0 Å². The highest BCUT2D eigenvalue weighted by atomic mass is 35.5. The van der Waals surface area contributed by atoms with Gasteiger partial charge in [0.05, 0.1) is 6.42 Å². The molecule has 3 rings (SSSR count). The molecule has 1 N–H and O–H groups in total. The first-order chi connectivity index (χ1) is 9.72. The van der Waals surface area contributed by atoms with Crippen LogP contribution in [0.3, 0.4) is 0 Å². The molecule has 2 heterocycles. The van der Waals surface area contributed by atoms with Crippen molar-refractivity contribution in [3.05, 3.63) is 53.1 Å². The van der Waals surface area contributed by atoms with Crippen molar-refractivity contribution in [2.45, 2.75) is 18.8 Å². The van der Waals surface area contributed by atoms with E-state index in [0.717, 1.165) is 30.9 Å². The first-order valence-electron chi connectivity index (χ1n) is 6.74. The number of nitrogens with zero attached hydrogens (tertiary/aromatic N) is 2. The van der Waals surface area contributed by atoms with E-state index in [-0.39, 0.29) is 5.91 Å². The monoisotopic (exact) mass is 289 g/mol. The van der Waals surface area contributed by atoms with E-state index in [9.17, 15) is 4.79 Å². The van der Waals surface area contributed by atoms with Gasteiger partial charge >= 0.3 is 0 Å². The van der Waals surface area contributed by atoms with Gasteiger partial charge in [0.25, 0.3) is 0 Å². The molecule has 1 aliphatic heterocycles. The fraction of sp³-hybridized carbons (Fsp3) is 0.333. The molecule has 104 valence electrons. The predicted octanol–water partition coefficient (Wildman–Crippen LogP) is 2.62. The molecule has 0 spiro atoms. The lowest BCUT2D eigenvalue weighted by atomic mass is 10.1. The Labute approximate surface area is 122 Å². The van der Waals surface area contributed by atoms with E-state index in [4.69, 9.17) is 11.6 Å². The summed E-state index contributed by atoms with van der Waals surface area (Å²) in [4.78, 5) is 21.6. The molecule has 5 heteroatoms. The van der Waals surface area contributed by atoms with Crippen molar-refractivity contribution in [1.29, 1.82) is 0 Å². The molecule has 0 bridgehead atoms. The van der Waals surface area contributed by atoms with Gasteiger partial charge < -0.3 is 9.88 Å². The summed E-state index contributed by atoms with van der Waals surface area (Å²) in [5, 5.41) is 0.695. The highest BCUT2D eigenvalue weighted by molar-refractivity contribution is 6.30. The first kappa shape index (κ1) is 13.2. The number of carbonyl (C=O) groups is 1. The molecule has 0 saturated carbocycles. The summed E-state index contributed by atoms with van der Waals surface area (Å²) >= 11 is 5.85. The Morgan fingerprint density at radius 3 is 2.90 bits per heavy atom. The zero-order chi connectivity index (χ0) is 13.9. The van der Waals surface area contributed by atoms with E-state index in [2.05, 4.69) is 9.97 Å². The van der Waals surface area contributed by atoms with Gasteiger partial charge in [-0.3, -0.25) is 4.79 Å². The van der Waals surface area contributed by atoms with Crippen LogP contribution in [0.15, 0.2) is 36.7 Å². The Morgan fingerprint density at radius 1 is 1.40 bits per heavy atom. The number of nitrogens with one attached hydrogen (secondary N) is 1. The predicted molar refractivity (Wildman–Crippen MR) is 77.7 cm³/mol. The Bertz CT molecular complexity index is 580. The SMILES string of the molecule is O=C(Cc1ccc(Cl)cc1)N1CCC(c2ncc[nH]2)C1. The normalized spacial score (nSPS) is 18.4. The minimum absolute atomic E-state index is 0.168. The van der Waals surface area contributed by atoms with Gasteiger partial charge in [-0.2, -0.15) is 0 Å². The number of halogens is 1. The van der Waals surface area contributed by atoms with E-state index in [1.165, 1.54) is 0 Å². The summed E-state index contributed by atoms with van der Waals surface area (Å²) in [5.41, 5.74) is 1.00. The number of hydrogen-bond acceptors (Lipinski definition) is 2. The molecule has 1 aromatic heterocycles. The molecule has 1 unspecified atom stereocenters. The molecule has 1 saturated heterocycles. The number of hydrogen-bond donors (Lipinski definition) is 1. The van der Waals surface area contributed by atoms with Crippen molar-refractivity contribution in [3.8, 4) is 0 Å². The van der Waals surface area contributed by atoms with Crippen LogP contribution in [-0.2, 0) is 11.2 Å². The number of rotatable bonds is 3. The average molecular weight is 290 g/mol. The number of likely N-dealkylation sites (tertiary alicyclic amines) is 1. The molecular weight excluding hydrogens is 274 g/mol. The van der Waals surface area contributed by atoms with Gasteiger partial charge in [0.1, 0.15) is 5.82 Å². The lowest BCUT2D eigenvalue weighted by Gasteiger charge is -2.16. The third-order valence-corrected chi connectivity index (χ3v) is 3.97. The second kappa shape index (κ2) is 5.67. The van der Waals surface area contributed by atoms with Crippen LogP contribution < -0.4 is 0 Å². The Hall–Kier alpha value is -1.81. The van der Waals surface area contributed by atoms with Crippen LogP contribution in [0, 0.1) is 0 Å². The summed E-state index contributed by atoms with van der Waals surface area (Å²) in [6.45, 7) is 1.55. The van der Waals surface area contributed by atoms with Gasteiger partial charge in [-0.15, -0.1) is 0 Å². The number of carbonyl (C=O) groups excluding carboxylic acids is 1. The van der Waals surface area contributed by atoms with Gasteiger partial charge in [0.2, 0.25) is 5.91 Å². The highest BCUT2D eigenvalue weighted by Gasteiger charge is 2.28. The van der Waals surface area contributed by atoms with Crippen LogP contribution in [0.2, 0.25) is 5.02 Å². The molecule has 1 aliphatic rings. The van der Waals surface area contributed by atoms with Gasteiger partial charge in [-0.1, -0.05) is 23.7 Å². The Balaban J connectivity index is 1.60. The van der Waals surface area contributed by atoms with Gasteiger partial charge in [-0.05, 0) is 24.1 Å². The lowest BCUT2D eigenvalue weighted by molar-refractivity contribution is -0.129. The fourth-order valence-electron chi connectivity index (χ4n) is 2.60. The summed E-state index contributed by atoms with van der Waals surface area (Å²) in [7, 11) is 0. The Morgan fingerprint density at radius 2 is 2.20 bits per heavy atom. The van der Waals surface area contributed by atoms with Gasteiger partial charge in [-0.25, -0.2) is 4.98 Å². The minimum atomic E-state index is 0.168. The van der Waals surface area contributed by atoms with Crippen LogP contribution in [-0.4, -0.2) is 33.9 Å². The van der Waals surface area contributed by atoms with E-state index in [1.807, 2.05) is 35.4 Å². The standard InChI is InChI=1S/C15H16ClN3O/c16-13-3-1-11(2-4-13)9-14(20)19-8-5-12(10-19)15-17-6-7-18-15/h1-4,6-7,12H,5,8-10H2,(H,17,18). The molecule has 0 radical (unpaired) electrons. The molecule has 1 amide bonds. The maximum Gasteiger partial charge on any atom is 0.227 e. The molecule has 2 aromatic rings. The van der Waals surface area contributed by atoms with Crippen molar-refractivity contribution in [1.82, 2.24) is 14.9 Å². The Kier molecular flexibility index (Phi) is 3.74. The molecule has 20 heavy (non-hydrogen) atoms. The summed E-state index contributed by atoms with van der Waals surface area (Å²) < 4.78 is 0. The average Bonchev–Trinajstić information content (AvgIpc) is 3.11. The second-order valence-corrected chi connectivity index (χ2v) is 5.54. The highest BCUT2D eigenvalue weighted by Crippen LogP contribution is 2.25. The molecule has 1 atom stereocenters. The number of H-pyrrole nitrogens is 1. The van der Waals surface area contributed by atoms with Crippen LogP contribution in [0.25, 0.3) is 0 Å². The van der Waals surface area contributed by atoms with Crippen LogP contribution in [0.5, 0.6) is 0 Å². The maximum atomic E-state index is 12.3. The van der Waals surface area contributed by atoms with Crippen LogP contribution in [0.4, 0.5) is 0 Å². The fourth-order valence-corrected chi connectivity index (χ4v) is 2.73. The lowest BCUT2D eigenvalue weighted by Crippen LogP contribution is -2.29. The first-order valence-corrected chi connectivity index (χ1v) is 7.11. The summed E-state index contributed by atoms with van der Waals surface area (Å²) in [6, 6.07) is 7.44.